The number of rotatable bonds is 2. The zero-order valence-corrected chi connectivity index (χ0v) is 12.2. The van der Waals surface area contributed by atoms with Crippen molar-refractivity contribution >= 4 is 33.4 Å². The average molecular weight is 378 g/mol. The van der Waals surface area contributed by atoms with Crippen LogP contribution in [0.5, 0.6) is 0 Å². The van der Waals surface area contributed by atoms with Gasteiger partial charge < -0.3 is 0 Å². The summed E-state index contributed by atoms with van der Waals surface area (Å²) in [6.07, 6.45) is 0. The smallest absolute Gasteiger partial charge is 0.263 e. The van der Waals surface area contributed by atoms with Gasteiger partial charge in [-0.05, 0) is 11.1 Å². The molecule has 0 aliphatic heterocycles. The highest BCUT2D eigenvalue weighted by Crippen LogP contribution is 2.17. The molecule has 0 spiro atoms. The van der Waals surface area contributed by atoms with Crippen molar-refractivity contribution in [2.75, 3.05) is 0 Å². The fraction of sp³-hybridized carbons (Fsp3) is 0. The standard InChI is InChI=1S/C12H10.HIO4S/c1-3-7-11(8-4-1)12-9-5-2-6-10-12;1-5-6(2,3)4/h1-10H;(H,2,3,4). The SMILES string of the molecule is O=S(=O)(O)OI.c1ccc(-c2ccccc2)cc1. The summed E-state index contributed by atoms with van der Waals surface area (Å²) in [4.78, 5) is 0. The van der Waals surface area contributed by atoms with Gasteiger partial charge in [-0.3, -0.25) is 4.55 Å². The lowest BCUT2D eigenvalue weighted by atomic mass is 10.1. The van der Waals surface area contributed by atoms with E-state index in [-0.39, 0.29) is 0 Å². The minimum absolute atomic E-state index is 1.06. The van der Waals surface area contributed by atoms with Gasteiger partial charge in [-0.25, -0.2) is 0 Å². The molecule has 6 heteroatoms. The third-order valence-corrected chi connectivity index (χ3v) is 3.48. The molecule has 0 aliphatic rings. The van der Waals surface area contributed by atoms with E-state index >= 15 is 0 Å². The van der Waals surface area contributed by atoms with Crippen LogP contribution in [0.4, 0.5) is 0 Å². The zero-order chi connectivity index (χ0) is 13.4. The first kappa shape index (κ1) is 15.1. The third-order valence-electron chi connectivity index (χ3n) is 1.96. The minimum atomic E-state index is -4.18. The summed E-state index contributed by atoms with van der Waals surface area (Å²) in [5, 5.41) is 0. The Balaban J connectivity index is 0.000000232. The Morgan fingerprint density at radius 1 is 0.833 bits per heavy atom. The molecule has 2 aromatic carbocycles. The van der Waals surface area contributed by atoms with Crippen LogP contribution >= 0.6 is 23.0 Å². The predicted octanol–water partition coefficient (Wildman–Crippen LogP) is 3.51. The maximum Gasteiger partial charge on any atom is 0.406 e. The molecule has 18 heavy (non-hydrogen) atoms. The monoisotopic (exact) mass is 378 g/mol. The van der Waals surface area contributed by atoms with Crippen LogP contribution in [-0.2, 0) is 12.9 Å². The maximum absolute atomic E-state index is 9.33. The van der Waals surface area contributed by atoms with Gasteiger partial charge in [0.25, 0.3) is 0 Å². The highest BCUT2D eigenvalue weighted by molar-refractivity contribution is 14.1. The molecule has 2 aromatic rings. The van der Waals surface area contributed by atoms with Crippen LogP contribution < -0.4 is 0 Å². The fourth-order valence-electron chi connectivity index (χ4n) is 1.26. The van der Waals surface area contributed by atoms with E-state index in [1.165, 1.54) is 11.1 Å². The van der Waals surface area contributed by atoms with E-state index in [0.29, 0.717) is 0 Å². The van der Waals surface area contributed by atoms with Crippen molar-refractivity contribution in [3.63, 3.8) is 0 Å². The first-order valence-corrected chi connectivity index (χ1v) is 7.15. The zero-order valence-electron chi connectivity index (χ0n) is 9.23. The van der Waals surface area contributed by atoms with Gasteiger partial charge in [-0.2, -0.15) is 10.9 Å². The molecular weight excluding hydrogens is 367 g/mol. The normalized spacial score (nSPS) is 10.3. The van der Waals surface area contributed by atoms with E-state index in [4.69, 9.17) is 4.55 Å². The van der Waals surface area contributed by atoms with E-state index in [1.54, 1.807) is 0 Å². The molecule has 0 radical (unpaired) electrons. The number of benzene rings is 2. The van der Waals surface area contributed by atoms with E-state index < -0.39 is 10.4 Å². The summed E-state index contributed by atoms with van der Waals surface area (Å²) >= 11 is 1.06. The van der Waals surface area contributed by atoms with Gasteiger partial charge in [0.05, 0.1) is 0 Å². The van der Waals surface area contributed by atoms with Crippen molar-refractivity contribution in [2.45, 2.75) is 0 Å². The molecule has 0 atom stereocenters. The van der Waals surface area contributed by atoms with Crippen molar-refractivity contribution in [1.82, 2.24) is 0 Å². The van der Waals surface area contributed by atoms with Crippen molar-refractivity contribution in [3.05, 3.63) is 60.7 Å². The quantitative estimate of drug-likeness (QED) is 0.642. The Kier molecular flexibility index (Phi) is 6.27. The van der Waals surface area contributed by atoms with Gasteiger partial charge >= 0.3 is 10.4 Å². The van der Waals surface area contributed by atoms with Crippen molar-refractivity contribution in [3.8, 4) is 11.1 Å². The van der Waals surface area contributed by atoms with Crippen LogP contribution in [0.3, 0.4) is 0 Å². The summed E-state index contributed by atoms with van der Waals surface area (Å²) < 4.78 is 29.7. The summed E-state index contributed by atoms with van der Waals surface area (Å²) in [6, 6.07) is 20.8. The summed E-state index contributed by atoms with van der Waals surface area (Å²) in [7, 11) is -4.18. The van der Waals surface area contributed by atoms with Gasteiger partial charge in [0, 0.05) is 0 Å². The van der Waals surface area contributed by atoms with E-state index in [2.05, 4.69) is 51.0 Å². The summed E-state index contributed by atoms with van der Waals surface area (Å²) in [5.74, 6) is 0. The molecule has 0 aliphatic carbocycles. The van der Waals surface area contributed by atoms with Crippen LogP contribution in [0.2, 0.25) is 0 Å². The van der Waals surface area contributed by atoms with E-state index in [1.807, 2.05) is 12.1 Å². The second-order valence-electron chi connectivity index (χ2n) is 3.22. The molecule has 0 saturated heterocycles. The molecule has 0 saturated carbocycles. The predicted molar refractivity (Wildman–Crippen MR) is 78.5 cm³/mol. The molecule has 0 unspecified atom stereocenters. The van der Waals surface area contributed by atoms with Gasteiger partial charge in [0.2, 0.25) is 0 Å². The molecule has 96 valence electrons. The first-order chi connectivity index (χ1) is 8.53. The third kappa shape index (κ3) is 6.10. The van der Waals surface area contributed by atoms with Crippen LogP contribution in [-0.4, -0.2) is 13.0 Å². The molecule has 0 fully saturated rings. The molecule has 0 bridgehead atoms. The summed E-state index contributed by atoms with van der Waals surface area (Å²) in [6.45, 7) is 0. The Morgan fingerprint density at radius 3 is 1.33 bits per heavy atom. The maximum atomic E-state index is 9.33. The van der Waals surface area contributed by atoms with Crippen molar-refractivity contribution < 1.29 is 15.5 Å². The number of hydrogen-bond donors (Lipinski definition) is 1. The van der Waals surface area contributed by atoms with Crippen molar-refractivity contribution in [2.24, 2.45) is 0 Å². The molecule has 0 heterocycles. The second kappa shape index (κ2) is 7.47. The lowest BCUT2D eigenvalue weighted by Crippen LogP contribution is -1.92. The molecule has 0 amide bonds. The summed E-state index contributed by atoms with van der Waals surface area (Å²) in [5.41, 5.74) is 2.55. The molecule has 0 aromatic heterocycles. The van der Waals surface area contributed by atoms with Gasteiger partial charge in [0.1, 0.15) is 23.0 Å². The van der Waals surface area contributed by atoms with Crippen LogP contribution in [0.25, 0.3) is 11.1 Å². The van der Waals surface area contributed by atoms with Gasteiger partial charge in [0.15, 0.2) is 0 Å². The molecule has 1 N–H and O–H groups in total. The number of halogens is 1. The Morgan fingerprint density at radius 2 is 1.11 bits per heavy atom. The number of hydrogen-bond acceptors (Lipinski definition) is 3. The van der Waals surface area contributed by atoms with E-state index in [9.17, 15) is 8.42 Å². The highest BCUT2D eigenvalue weighted by atomic mass is 127. The molecule has 2 rings (SSSR count). The van der Waals surface area contributed by atoms with E-state index in [0.717, 1.165) is 23.0 Å². The van der Waals surface area contributed by atoms with Crippen LogP contribution in [0.1, 0.15) is 0 Å². The van der Waals surface area contributed by atoms with Crippen LogP contribution in [0, 0.1) is 0 Å². The van der Waals surface area contributed by atoms with Crippen LogP contribution in [0.15, 0.2) is 60.7 Å². The lowest BCUT2D eigenvalue weighted by molar-refractivity contribution is 0.422. The van der Waals surface area contributed by atoms with Crippen molar-refractivity contribution in [1.29, 1.82) is 0 Å². The lowest BCUT2D eigenvalue weighted by Gasteiger charge is -1.98. The Bertz CT molecular complexity index is 518. The fourth-order valence-corrected chi connectivity index (χ4v) is 1.26. The van der Waals surface area contributed by atoms with Gasteiger partial charge in [-0.1, -0.05) is 60.7 Å². The second-order valence-corrected chi connectivity index (χ2v) is 5.28. The first-order valence-electron chi connectivity index (χ1n) is 4.91. The largest absolute Gasteiger partial charge is 0.406 e. The Labute approximate surface area is 120 Å². The molecular formula is C12H11IO4S. The molecule has 4 nitrogen and oxygen atoms in total. The highest BCUT2D eigenvalue weighted by Gasteiger charge is 1.96. The topological polar surface area (TPSA) is 63.6 Å². The average Bonchev–Trinajstić information content (AvgIpc) is 2.41. The Hall–Kier alpha value is -0.960. The minimum Gasteiger partial charge on any atom is -0.263 e. The van der Waals surface area contributed by atoms with Gasteiger partial charge in [-0.15, -0.1) is 0 Å².